The normalized spacial score (nSPS) is 4.50. The minimum Gasteiger partial charge on any atom is -0.697 e. The quantitative estimate of drug-likeness (QED) is 0.229. The predicted octanol–water partition coefficient (Wildman–Crippen LogP) is 2.03. The van der Waals surface area contributed by atoms with Crippen molar-refractivity contribution in [3.63, 3.8) is 0 Å². The van der Waals surface area contributed by atoms with Gasteiger partial charge in [0.2, 0.25) is 0 Å². The first-order chi connectivity index (χ1) is 5.81. The molecule has 1 aromatic rings. The van der Waals surface area contributed by atoms with E-state index in [2.05, 4.69) is 26.8 Å². The topological polar surface area (TPSA) is 79.5 Å². The number of hydrogen-bond donors (Lipinski definition) is 0. The molecule has 0 aromatic carbocycles. The van der Waals surface area contributed by atoms with E-state index in [1.54, 1.807) is 17.1 Å². The van der Waals surface area contributed by atoms with Crippen LogP contribution in [-0.2, 0) is 72.5 Å². The first kappa shape index (κ1) is 36.0. The third-order valence-electron chi connectivity index (χ3n) is 0.631. The number of nitrogens with zero attached hydrogens (tertiary/aromatic N) is 6. The Morgan fingerprint density at radius 3 is 1.88 bits per heavy atom. The van der Waals surface area contributed by atoms with Crippen molar-refractivity contribution in [1.29, 1.82) is 0 Å². The van der Waals surface area contributed by atoms with Crippen LogP contribution in [0.1, 0.15) is 7.43 Å². The predicted molar refractivity (Wildman–Crippen MR) is 57.4 cm³/mol. The van der Waals surface area contributed by atoms with Crippen LogP contribution in [-0.4, -0.2) is 22.0 Å². The van der Waals surface area contributed by atoms with Gasteiger partial charge in [0, 0.05) is 90.6 Å². The summed E-state index contributed by atoms with van der Waals surface area (Å²) in [5.74, 6) is 0. The minimum absolute atomic E-state index is 0. The van der Waals surface area contributed by atoms with Gasteiger partial charge in [-0.05, 0) is 5.53 Å². The molecule has 6 nitrogen and oxygen atoms in total. The van der Waals surface area contributed by atoms with Gasteiger partial charge in [-0.2, -0.15) is 0 Å². The summed E-state index contributed by atoms with van der Waals surface area (Å²) in [6.45, 7) is 0. The number of aromatic nitrogens is 3. The molecule has 16 heavy (non-hydrogen) atoms. The van der Waals surface area contributed by atoms with Gasteiger partial charge in [-0.1, -0.05) is 17.8 Å². The molecule has 1 heterocycles. The Kier molecular flexibility index (Phi) is 81.4. The van der Waals surface area contributed by atoms with Gasteiger partial charge in [-0.3, -0.25) is 4.68 Å². The SMILES string of the molecule is C.CN=[N+]=[N-].Cn1ccnn1.[C-]#C.[CH3-].[Y].[Y]. The average molecular weight is 374 g/mol. The first-order valence-corrected chi connectivity index (χ1v) is 2.83. The zero-order valence-corrected chi connectivity index (χ0v) is 14.7. The average Bonchev–Trinajstić information content (AvgIpc) is 2.60. The summed E-state index contributed by atoms with van der Waals surface area (Å²) in [6, 6.07) is 0. The molecule has 86 valence electrons. The maximum Gasteiger partial charge on any atom is 0.0692 e. The molecule has 0 aliphatic carbocycles. The van der Waals surface area contributed by atoms with Crippen molar-refractivity contribution < 1.29 is 65.4 Å². The summed E-state index contributed by atoms with van der Waals surface area (Å²) in [4.78, 5) is 2.36. The monoisotopic (exact) mass is 374 g/mol. The summed E-state index contributed by atoms with van der Waals surface area (Å²) >= 11 is 0. The Labute approximate surface area is 148 Å². The number of aryl methyl sites for hydroxylation is 1. The second-order valence-electron chi connectivity index (χ2n) is 1.37. The maximum absolute atomic E-state index is 7.33. The van der Waals surface area contributed by atoms with E-state index in [0.717, 1.165) is 0 Å². The standard InChI is InChI=1S/C3H5N3.C2H.CH3N3.CH4.CH3.2Y/c1-6-3-2-4-5-6;1-2;1-3-4-2;;;;/h2-3H,1H3;1H;1H3;1H4;1H3;;/q;-1;;;-1;;. The smallest absolute Gasteiger partial charge is 0.0692 e. The van der Waals surface area contributed by atoms with Gasteiger partial charge in [-0.25, -0.2) is 0 Å². The third kappa shape index (κ3) is 36.8. The van der Waals surface area contributed by atoms with Crippen LogP contribution in [0.3, 0.4) is 0 Å². The van der Waals surface area contributed by atoms with E-state index in [1.165, 1.54) is 7.05 Å². The van der Waals surface area contributed by atoms with E-state index in [0.29, 0.717) is 0 Å². The van der Waals surface area contributed by atoms with Crippen molar-refractivity contribution >= 4 is 0 Å². The number of terminal acetylenes is 1. The molecule has 8 heteroatoms. The molecule has 1 aromatic heterocycles. The van der Waals surface area contributed by atoms with Crippen molar-refractivity contribution in [1.82, 2.24) is 15.0 Å². The van der Waals surface area contributed by atoms with Crippen LogP contribution in [0.25, 0.3) is 10.4 Å². The zero-order valence-electron chi connectivity index (χ0n) is 9.07. The van der Waals surface area contributed by atoms with E-state index >= 15 is 0 Å². The van der Waals surface area contributed by atoms with E-state index in [4.69, 9.17) is 12.0 Å². The van der Waals surface area contributed by atoms with Crippen LogP contribution in [0.4, 0.5) is 0 Å². The van der Waals surface area contributed by atoms with Gasteiger partial charge in [0.15, 0.2) is 0 Å². The molecular formula is C8H16N6Y2-2. The fourth-order valence-electron chi connectivity index (χ4n) is 0.267. The van der Waals surface area contributed by atoms with Crippen LogP contribution in [0.5, 0.6) is 0 Å². The minimum atomic E-state index is 0. The molecule has 0 N–H and O–H groups in total. The zero-order chi connectivity index (χ0) is 9.82. The molecule has 1 rings (SSSR count). The van der Waals surface area contributed by atoms with Crippen molar-refractivity contribution in [2.75, 3.05) is 7.05 Å². The fourth-order valence-corrected chi connectivity index (χ4v) is 0.267. The summed E-state index contributed by atoms with van der Waals surface area (Å²) < 4.78 is 1.64. The number of azide groups is 1. The van der Waals surface area contributed by atoms with E-state index < -0.39 is 0 Å². The summed E-state index contributed by atoms with van der Waals surface area (Å²) in [5.41, 5.74) is 7.33. The molecule has 0 atom stereocenters. The second kappa shape index (κ2) is 36.2. The van der Waals surface area contributed by atoms with Gasteiger partial charge in [0.1, 0.15) is 0 Å². The van der Waals surface area contributed by atoms with Crippen LogP contribution < -0.4 is 0 Å². The molecule has 0 saturated carbocycles. The van der Waals surface area contributed by atoms with Gasteiger partial charge < -0.3 is 20.3 Å². The molecule has 0 aliphatic heterocycles. The second-order valence-corrected chi connectivity index (χ2v) is 1.37. The largest absolute Gasteiger partial charge is 0.697 e. The van der Waals surface area contributed by atoms with Crippen molar-refractivity contribution in [2.24, 2.45) is 12.2 Å². The molecule has 2 radical (unpaired) electrons. The fraction of sp³-hybridized carbons (Fsp3) is 0.375. The van der Waals surface area contributed by atoms with Crippen LogP contribution >= 0.6 is 0 Å². The molecule has 0 amide bonds. The molecule has 0 unspecified atom stereocenters. The van der Waals surface area contributed by atoms with Crippen LogP contribution in [0.2, 0.25) is 0 Å². The first-order valence-electron chi connectivity index (χ1n) is 2.83. The van der Waals surface area contributed by atoms with Gasteiger partial charge in [0.05, 0.1) is 6.20 Å². The van der Waals surface area contributed by atoms with Crippen molar-refractivity contribution in [3.05, 3.63) is 36.7 Å². The Morgan fingerprint density at radius 1 is 1.44 bits per heavy atom. The van der Waals surface area contributed by atoms with Gasteiger partial charge >= 0.3 is 0 Å². The number of hydrogen-bond acceptors (Lipinski definition) is 3. The Balaban J connectivity index is -0.0000000230. The molecule has 0 bridgehead atoms. The third-order valence-corrected chi connectivity index (χ3v) is 0.631. The van der Waals surface area contributed by atoms with Crippen LogP contribution in [0, 0.1) is 20.3 Å². The van der Waals surface area contributed by atoms with Gasteiger partial charge in [-0.15, -0.1) is 5.10 Å². The molecule has 0 saturated heterocycles. The molecular weight excluding hydrogens is 358 g/mol. The summed E-state index contributed by atoms with van der Waals surface area (Å²) in [6.07, 6.45) is 12.4. The Hall–Kier alpha value is 0.218. The van der Waals surface area contributed by atoms with E-state index in [1.807, 2.05) is 7.05 Å². The maximum atomic E-state index is 7.33. The van der Waals surface area contributed by atoms with Gasteiger partial charge in [0.25, 0.3) is 0 Å². The number of rotatable bonds is 0. The van der Waals surface area contributed by atoms with Crippen LogP contribution in [0.15, 0.2) is 17.5 Å². The summed E-state index contributed by atoms with van der Waals surface area (Å²) in [5, 5.41) is 10.0. The van der Waals surface area contributed by atoms with E-state index in [-0.39, 0.29) is 80.3 Å². The van der Waals surface area contributed by atoms with E-state index in [9.17, 15) is 0 Å². The molecule has 0 spiro atoms. The van der Waals surface area contributed by atoms with Crippen molar-refractivity contribution in [3.8, 4) is 6.42 Å². The van der Waals surface area contributed by atoms with Crippen molar-refractivity contribution in [2.45, 2.75) is 7.43 Å². The summed E-state index contributed by atoms with van der Waals surface area (Å²) in [7, 11) is 3.22. The Bertz CT molecular complexity index is 240. The Morgan fingerprint density at radius 2 is 1.81 bits per heavy atom. The molecule has 0 aliphatic rings. The molecule has 0 fully saturated rings.